The summed E-state index contributed by atoms with van der Waals surface area (Å²) in [4.78, 5) is 0. The van der Waals surface area contributed by atoms with Crippen molar-refractivity contribution in [3.05, 3.63) is 30.2 Å². The average molecular weight is 314 g/mol. The number of sulfonamides is 1. The van der Waals surface area contributed by atoms with E-state index in [2.05, 4.69) is 14.9 Å². The molecular weight excluding hydrogens is 296 g/mol. The van der Waals surface area contributed by atoms with Crippen molar-refractivity contribution in [1.29, 1.82) is 0 Å². The molecule has 0 spiro atoms. The molecule has 1 N–H and O–H groups in total. The molecule has 0 saturated carbocycles. The van der Waals surface area contributed by atoms with Crippen molar-refractivity contribution in [2.75, 3.05) is 17.8 Å². The zero-order valence-electron chi connectivity index (χ0n) is 11.5. The van der Waals surface area contributed by atoms with Gasteiger partial charge in [-0.2, -0.15) is 11.8 Å². The minimum absolute atomic E-state index is 0.0551. The summed E-state index contributed by atoms with van der Waals surface area (Å²) in [5.74, 6) is 1.53. The number of rotatable bonds is 7. The van der Waals surface area contributed by atoms with Crippen molar-refractivity contribution in [2.24, 2.45) is 0 Å². The quantitative estimate of drug-likeness (QED) is 0.837. The van der Waals surface area contributed by atoms with E-state index in [-0.39, 0.29) is 11.8 Å². The van der Waals surface area contributed by atoms with Crippen LogP contribution >= 0.6 is 11.8 Å². The molecule has 1 atom stereocenters. The van der Waals surface area contributed by atoms with Gasteiger partial charge in [0.25, 0.3) is 0 Å². The summed E-state index contributed by atoms with van der Waals surface area (Å²) in [5.41, 5.74) is 0.715. The maximum Gasteiger partial charge on any atom is 0.211 e. The van der Waals surface area contributed by atoms with Crippen molar-refractivity contribution >= 4 is 27.4 Å². The van der Waals surface area contributed by atoms with Crippen LogP contribution in [-0.4, -0.2) is 40.8 Å². The molecule has 0 aromatic carbocycles. The first-order chi connectivity index (χ1) is 9.57. The van der Waals surface area contributed by atoms with Gasteiger partial charge in [-0.15, -0.1) is 10.2 Å². The maximum atomic E-state index is 11.8. The molecule has 2 aromatic rings. The molecule has 0 unspecified atom stereocenters. The van der Waals surface area contributed by atoms with Crippen LogP contribution in [0, 0.1) is 0 Å². The second-order valence-electron chi connectivity index (χ2n) is 4.34. The van der Waals surface area contributed by atoms with Crippen molar-refractivity contribution in [1.82, 2.24) is 19.3 Å². The van der Waals surface area contributed by atoms with Gasteiger partial charge >= 0.3 is 0 Å². The van der Waals surface area contributed by atoms with Gasteiger partial charge in [0.05, 0.1) is 11.8 Å². The highest BCUT2D eigenvalue weighted by Crippen LogP contribution is 2.19. The number of nitrogens with one attached hydrogen (secondary N) is 1. The van der Waals surface area contributed by atoms with Crippen LogP contribution in [0.15, 0.2) is 24.4 Å². The number of hydrogen-bond acceptors (Lipinski definition) is 5. The first kappa shape index (κ1) is 15.3. The summed E-state index contributed by atoms with van der Waals surface area (Å²) in [6.45, 7) is 1.62. The molecule has 2 aromatic heterocycles. The van der Waals surface area contributed by atoms with E-state index in [9.17, 15) is 8.42 Å². The Hall–Kier alpha value is -1.12. The number of aromatic nitrogens is 3. The molecule has 2 heterocycles. The van der Waals surface area contributed by atoms with Gasteiger partial charge in [-0.25, -0.2) is 13.1 Å². The van der Waals surface area contributed by atoms with E-state index in [4.69, 9.17) is 0 Å². The van der Waals surface area contributed by atoms with Gasteiger partial charge in [0.2, 0.25) is 10.0 Å². The lowest BCUT2D eigenvalue weighted by atomic mass is 10.2. The Balaban J connectivity index is 2.35. The summed E-state index contributed by atoms with van der Waals surface area (Å²) in [7, 11) is -3.28. The summed E-state index contributed by atoms with van der Waals surface area (Å²) >= 11 is 1.67. The van der Waals surface area contributed by atoms with Crippen LogP contribution in [0.1, 0.15) is 25.2 Å². The lowest BCUT2D eigenvalue weighted by Gasteiger charge is -2.16. The largest absolute Gasteiger partial charge is 0.285 e. The van der Waals surface area contributed by atoms with E-state index < -0.39 is 10.0 Å². The minimum Gasteiger partial charge on any atom is -0.285 e. The van der Waals surface area contributed by atoms with Crippen LogP contribution < -0.4 is 4.72 Å². The Morgan fingerprint density at radius 3 is 2.90 bits per heavy atom. The molecule has 6 nitrogen and oxygen atoms in total. The van der Waals surface area contributed by atoms with Crippen LogP contribution in [0.2, 0.25) is 0 Å². The molecule has 110 valence electrons. The van der Waals surface area contributed by atoms with Gasteiger partial charge in [0.15, 0.2) is 11.5 Å². The molecule has 8 heteroatoms. The van der Waals surface area contributed by atoms with Gasteiger partial charge in [-0.05, 0) is 37.5 Å². The fraction of sp³-hybridized carbons (Fsp3) is 0.500. The number of hydrogen-bond donors (Lipinski definition) is 1. The normalized spacial score (nSPS) is 13.7. The zero-order valence-corrected chi connectivity index (χ0v) is 13.1. The lowest BCUT2D eigenvalue weighted by Crippen LogP contribution is -2.31. The molecule has 0 aliphatic carbocycles. The number of thioether (sulfide) groups is 1. The van der Waals surface area contributed by atoms with Crippen molar-refractivity contribution in [3.8, 4) is 0 Å². The van der Waals surface area contributed by atoms with Crippen molar-refractivity contribution < 1.29 is 8.42 Å². The van der Waals surface area contributed by atoms with E-state index in [0.29, 0.717) is 17.9 Å². The Bertz CT molecular complexity index is 669. The second-order valence-corrected chi connectivity index (χ2v) is 7.37. The fourth-order valence-corrected chi connectivity index (χ4v) is 3.17. The highest BCUT2D eigenvalue weighted by molar-refractivity contribution is 7.98. The highest BCUT2D eigenvalue weighted by Gasteiger charge is 2.22. The zero-order chi connectivity index (χ0) is 14.6. The third kappa shape index (κ3) is 3.50. The summed E-state index contributed by atoms with van der Waals surface area (Å²) in [5, 5.41) is 8.22. The Kier molecular flexibility index (Phi) is 5.00. The molecule has 0 aliphatic heterocycles. The van der Waals surface area contributed by atoms with Crippen LogP contribution in [0.25, 0.3) is 5.65 Å². The molecule has 0 fully saturated rings. The molecule has 0 bridgehead atoms. The first-order valence-corrected chi connectivity index (χ1v) is 9.40. The third-order valence-electron chi connectivity index (χ3n) is 2.96. The lowest BCUT2D eigenvalue weighted by molar-refractivity contribution is 0.537. The van der Waals surface area contributed by atoms with E-state index in [1.165, 1.54) is 0 Å². The van der Waals surface area contributed by atoms with Gasteiger partial charge in [-0.1, -0.05) is 6.07 Å². The van der Waals surface area contributed by atoms with E-state index in [1.54, 1.807) is 18.7 Å². The van der Waals surface area contributed by atoms with E-state index in [0.717, 1.165) is 5.75 Å². The van der Waals surface area contributed by atoms with E-state index in [1.807, 2.05) is 35.1 Å². The Morgan fingerprint density at radius 1 is 1.40 bits per heavy atom. The van der Waals surface area contributed by atoms with Gasteiger partial charge < -0.3 is 0 Å². The van der Waals surface area contributed by atoms with Gasteiger partial charge in [-0.3, -0.25) is 4.40 Å². The highest BCUT2D eigenvalue weighted by atomic mass is 32.2. The third-order valence-corrected chi connectivity index (χ3v) is 5.01. The van der Waals surface area contributed by atoms with Gasteiger partial charge in [0.1, 0.15) is 0 Å². The van der Waals surface area contributed by atoms with Gasteiger partial charge in [0, 0.05) is 6.20 Å². The van der Waals surface area contributed by atoms with Crippen LogP contribution in [-0.2, 0) is 10.0 Å². The molecule has 0 saturated heterocycles. The predicted octanol–water partition coefficient (Wildman–Crippen LogP) is 1.46. The Morgan fingerprint density at radius 2 is 2.20 bits per heavy atom. The van der Waals surface area contributed by atoms with Crippen LogP contribution in [0.3, 0.4) is 0 Å². The molecular formula is C12H18N4O2S2. The van der Waals surface area contributed by atoms with E-state index >= 15 is 0 Å². The second kappa shape index (κ2) is 6.55. The molecule has 0 amide bonds. The van der Waals surface area contributed by atoms with Crippen molar-refractivity contribution in [2.45, 2.75) is 19.4 Å². The monoisotopic (exact) mass is 314 g/mol. The molecule has 0 radical (unpaired) electrons. The number of nitrogens with zero attached hydrogens (tertiary/aromatic N) is 3. The standard InChI is InChI=1S/C12H18N4O2S2/c1-3-20(17,18)15-10(7-9-19-2)12-14-13-11-6-4-5-8-16(11)12/h4-6,8,10,15H,3,7,9H2,1-2H3/t10-/m0/s1. The molecule has 20 heavy (non-hydrogen) atoms. The summed E-state index contributed by atoms with van der Waals surface area (Å²) in [6.07, 6.45) is 4.51. The fourth-order valence-electron chi connectivity index (χ4n) is 1.87. The summed E-state index contributed by atoms with van der Waals surface area (Å²) < 4.78 is 28.2. The summed E-state index contributed by atoms with van der Waals surface area (Å²) in [6, 6.07) is 5.24. The van der Waals surface area contributed by atoms with Crippen molar-refractivity contribution in [3.63, 3.8) is 0 Å². The average Bonchev–Trinajstić information content (AvgIpc) is 2.87. The first-order valence-electron chi connectivity index (χ1n) is 6.36. The van der Waals surface area contributed by atoms with Crippen LogP contribution in [0.4, 0.5) is 0 Å². The number of fused-ring (bicyclic) bond motifs is 1. The topological polar surface area (TPSA) is 76.4 Å². The molecule has 0 aliphatic rings. The predicted molar refractivity (Wildman–Crippen MR) is 81.3 cm³/mol. The molecule has 2 rings (SSSR count). The smallest absolute Gasteiger partial charge is 0.211 e. The maximum absolute atomic E-state index is 11.8. The van der Waals surface area contributed by atoms with Crippen LogP contribution in [0.5, 0.6) is 0 Å². The Labute approximate surface area is 123 Å². The minimum atomic E-state index is -3.28. The number of pyridine rings is 1. The SMILES string of the molecule is CCS(=O)(=O)N[C@@H](CCSC)c1nnc2ccccn12.